The minimum absolute atomic E-state index is 0.227. The number of imide groups is 1. The zero-order valence-electron chi connectivity index (χ0n) is 13.6. The summed E-state index contributed by atoms with van der Waals surface area (Å²) >= 11 is 0. The number of carbonyl (C=O) groups excluding carboxylic acids is 1. The number of ether oxygens (including phenoxy) is 1. The Kier molecular flexibility index (Phi) is 12.9. The fraction of sp³-hybridized carbons (Fsp3) is 0.875. The van der Waals surface area contributed by atoms with E-state index in [1.807, 2.05) is 0 Å². The van der Waals surface area contributed by atoms with Gasteiger partial charge in [0, 0.05) is 6.54 Å². The van der Waals surface area contributed by atoms with Gasteiger partial charge in [-0.1, -0.05) is 65.2 Å². The van der Waals surface area contributed by atoms with Crippen molar-refractivity contribution in [2.45, 2.75) is 78.1 Å². The fourth-order valence-electron chi connectivity index (χ4n) is 2.08. The summed E-state index contributed by atoms with van der Waals surface area (Å²) in [5.41, 5.74) is 0. The van der Waals surface area contributed by atoms with E-state index in [0.29, 0.717) is 13.0 Å². The van der Waals surface area contributed by atoms with Crippen molar-refractivity contribution in [2.24, 2.45) is 0 Å². The number of unbranched alkanes of at least 4 members (excludes halogenated alkanes) is 8. The van der Waals surface area contributed by atoms with Crippen LogP contribution in [0.2, 0.25) is 0 Å². The summed E-state index contributed by atoms with van der Waals surface area (Å²) in [5, 5.41) is 9.03. The summed E-state index contributed by atoms with van der Waals surface area (Å²) in [7, 11) is 0. The molecule has 0 heterocycles. The minimum atomic E-state index is -1.22. The van der Waals surface area contributed by atoms with E-state index in [-0.39, 0.29) is 6.54 Å². The molecule has 5 nitrogen and oxygen atoms in total. The van der Waals surface area contributed by atoms with E-state index in [2.05, 4.69) is 13.8 Å². The van der Waals surface area contributed by atoms with Gasteiger partial charge in [-0.3, -0.25) is 0 Å². The molecule has 0 atom stereocenters. The summed E-state index contributed by atoms with van der Waals surface area (Å²) in [6, 6.07) is 0. The highest BCUT2D eigenvalue weighted by atomic mass is 16.6. The number of rotatable bonds is 12. The molecule has 21 heavy (non-hydrogen) atoms. The van der Waals surface area contributed by atoms with Gasteiger partial charge in [0.05, 0.1) is 6.61 Å². The van der Waals surface area contributed by atoms with Gasteiger partial charge in [0.25, 0.3) is 0 Å². The zero-order chi connectivity index (χ0) is 15.9. The van der Waals surface area contributed by atoms with E-state index in [1.165, 1.54) is 19.3 Å². The molecule has 0 aliphatic rings. The van der Waals surface area contributed by atoms with Crippen molar-refractivity contribution in [1.29, 1.82) is 0 Å². The first-order chi connectivity index (χ1) is 10.1. The van der Waals surface area contributed by atoms with Gasteiger partial charge in [0.15, 0.2) is 0 Å². The molecule has 0 aromatic rings. The summed E-state index contributed by atoms with van der Waals surface area (Å²) < 4.78 is 5.04. The third-order valence-corrected chi connectivity index (χ3v) is 3.41. The molecule has 0 aliphatic carbocycles. The lowest BCUT2D eigenvalue weighted by Crippen LogP contribution is -2.37. The van der Waals surface area contributed by atoms with Crippen LogP contribution < -0.4 is 0 Å². The molecule has 1 N–H and O–H groups in total. The SMILES string of the molecule is CCCCCCCCOC(=O)N(CCCCCC)C(=O)O. The first-order valence-corrected chi connectivity index (χ1v) is 8.30. The molecule has 0 spiro atoms. The van der Waals surface area contributed by atoms with Crippen molar-refractivity contribution < 1.29 is 19.4 Å². The van der Waals surface area contributed by atoms with Gasteiger partial charge >= 0.3 is 12.2 Å². The average molecular weight is 301 g/mol. The fourth-order valence-corrected chi connectivity index (χ4v) is 2.08. The topological polar surface area (TPSA) is 66.8 Å². The van der Waals surface area contributed by atoms with Crippen LogP contribution in [-0.4, -0.2) is 35.3 Å². The number of carbonyl (C=O) groups is 2. The molecule has 5 heteroatoms. The first kappa shape index (κ1) is 19.7. The van der Waals surface area contributed by atoms with Crippen LogP contribution in [-0.2, 0) is 4.74 Å². The van der Waals surface area contributed by atoms with E-state index in [1.54, 1.807) is 0 Å². The predicted octanol–water partition coefficient (Wildman–Crippen LogP) is 5.04. The molecule has 0 unspecified atom stereocenters. The predicted molar refractivity (Wildman–Crippen MR) is 83.6 cm³/mol. The quantitative estimate of drug-likeness (QED) is 0.512. The molecule has 0 aromatic heterocycles. The Morgan fingerprint density at radius 2 is 1.38 bits per heavy atom. The summed E-state index contributed by atoms with van der Waals surface area (Å²) in [6.45, 7) is 4.79. The van der Waals surface area contributed by atoms with E-state index >= 15 is 0 Å². The monoisotopic (exact) mass is 301 g/mol. The van der Waals surface area contributed by atoms with E-state index in [0.717, 1.165) is 43.4 Å². The molecule has 124 valence electrons. The minimum Gasteiger partial charge on any atom is -0.465 e. The van der Waals surface area contributed by atoms with Crippen LogP contribution in [0, 0.1) is 0 Å². The molecule has 0 fully saturated rings. The van der Waals surface area contributed by atoms with Gasteiger partial charge in [-0.05, 0) is 12.8 Å². The van der Waals surface area contributed by atoms with Gasteiger partial charge in [-0.25, -0.2) is 14.5 Å². The lowest BCUT2D eigenvalue weighted by molar-refractivity contribution is 0.0924. The second-order valence-corrected chi connectivity index (χ2v) is 5.38. The van der Waals surface area contributed by atoms with Crippen molar-refractivity contribution in [2.75, 3.05) is 13.2 Å². The molecule has 0 aliphatic heterocycles. The second-order valence-electron chi connectivity index (χ2n) is 5.38. The highest BCUT2D eigenvalue weighted by Crippen LogP contribution is 2.07. The maximum atomic E-state index is 11.7. The highest BCUT2D eigenvalue weighted by Gasteiger charge is 2.21. The van der Waals surface area contributed by atoms with Gasteiger partial charge in [0.2, 0.25) is 0 Å². The molecule has 2 amide bonds. The first-order valence-electron chi connectivity index (χ1n) is 8.30. The molecular weight excluding hydrogens is 270 g/mol. The van der Waals surface area contributed by atoms with E-state index in [4.69, 9.17) is 9.84 Å². The molecule has 0 saturated carbocycles. The number of hydrogen-bond acceptors (Lipinski definition) is 3. The second kappa shape index (κ2) is 13.7. The Bertz CT molecular complexity index is 281. The van der Waals surface area contributed by atoms with Crippen molar-refractivity contribution >= 4 is 12.2 Å². The van der Waals surface area contributed by atoms with Gasteiger partial charge < -0.3 is 9.84 Å². The normalized spacial score (nSPS) is 10.4. The van der Waals surface area contributed by atoms with Gasteiger partial charge in [-0.15, -0.1) is 0 Å². The number of carboxylic acid groups (broad SMARTS) is 1. The summed E-state index contributed by atoms with van der Waals surface area (Å²) in [4.78, 5) is 23.5. The van der Waals surface area contributed by atoms with Crippen LogP contribution in [0.15, 0.2) is 0 Å². The molecule has 0 aromatic carbocycles. The highest BCUT2D eigenvalue weighted by molar-refractivity contribution is 5.86. The summed E-state index contributed by atoms with van der Waals surface area (Å²) in [5.74, 6) is 0. The number of amides is 2. The number of nitrogens with zero attached hydrogens (tertiary/aromatic N) is 1. The molecule has 0 rings (SSSR count). The van der Waals surface area contributed by atoms with Crippen LogP contribution in [0.1, 0.15) is 78.1 Å². The van der Waals surface area contributed by atoms with Crippen molar-refractivity contribution in [3.63, 3.8) is 0 Å². The van der Waals surface area contributed by atoms with E-state index in [9.17, 15) is 9.59 Å². The third-order valence-electron chi connectivity index (χ3n) is 3.41. The van der Waals surface area contributed by atoms with Crippen LogP contribution in [0.5, 0.6) is 0 Å². The Labute approximate surface area is 128 Å². The van der Waals surface area contributed by atoms with Crippen molar-refractivity contribution in [1.82, 2.24) is 4.90 Å². The van der Waals surface area contributed by atoms with Gasteiger partial charge in [-0.2, -0.15) is 0 Å². The van der Waals surface area contributed by atoms with Gasteiger partial charge in [0.1, 0.15) is 0 Å². The smallest absolute Gasteiger partial charge is 0.419 e. The maximum absolute atomic E-state index is 11.7. The maximum Gasteiger partial charge on any atom is 0.419 e. The lowest BCUT2D eigenvalue weighted by atomic mass is 10.1. The molecule has 0 radical (unpaired) electrons. The Morgan fingerprint density at radius 1 is 0.857 bits per heavy atom. The van der Waals surface area contributed by atoms with Crippen LogP contribution >= 0.6 is 0 Å². The lowest BCUT2D eigenvalue weighted by Gasteiger charge is -2.16. The summed E-state index contributed by atoms with van der Waals surface area (Å²) in [6.07, 6.45) is 8.45. The van der Waals surface area contributed by atoms with Crippen LogP contribution in [0.3, 0.4) is 0 Å². The van der Waals surface area contributed by atoms with Crippen molar-refractivity contribution in [3.8, 4) is 0 Å². The van der Waals surface area contributed by atoms with Crippen LogP contribution in [0.4, 0.5) is 9.59 Å². The largest absolute Gasteiger partial charge is 0.465 e. The average Bonchev–Trinajstić information content (AvgIpc) is 2.45. The standard InChI is InChI=1S/C16H31NO4/c1-3-5-7-9-10-12-14-21-16(20)17(15(18)19)13-11-8-6-4-2/h3-14H2,1-2H3,(H,18,19). The molecular formula is C16H31NO4. The third kappa shape index (κ3) is 11.1. The Morgan fingerprint density at radius 3 is 1.95 bits per heavy atom. The molecule has 0 bridgehead atoms. The Balaban J connectivity index is 3.78. The number of hydrogen-bond donors (Lipinski definition) is 1. The molecule has 0 saturated heterocycles. The zero-order valence-corrected chi connectivity index (χ0v) is 13.6. The van der Waals surface area contributed by atoms with E-state index < -0.39 is 12.2 Å². The van der Waals surface area contributed by atoms with Crippen LogP contribution in [0.25, 0.3) is 0 Å². The van der Waals surface area contributed by atoms with Crippen molar-refractivity contribution in [3.05, 3.63) is 0 Å². The Hall–Kier alpha value is -1.26.